The molecule has 0 spiro atoms. The van der Waals surface area contributed by atoms with E-state index in [0.717, 1.165) is 31.7 Å². The summed E-state index contributed by atoms with van der Waals surface area (Å²) in [5.41, 5.74) is -0.272. The lowest BCUT2D eigenvalue weighted by Crippen LogP contribution is -2.41. The molecule has 1 aromatic carbocycles. The Labute approximate surface area is 140 Å². The van der Waals surface area contributed by atoms with E-state index in [9.17, 15) is 14.0 Å². The number of ether oxygens (including phenoxy) is 1. The lowest BCUT2D eigenvalue weighted by Gasteiger charge is -2.19. The monoisotopic (exact) mass is 341 g/mol. The van der Waals surface area contributed by atoms with Crippen LogP contribution >= 0.6 is 11.6 Å². The zero-order chi connectivity index (χ0) is 16.8. The predicted molar refractivity (Wildman–Crippen MR) is 85.9 cm³/mol. The van der Waals surface area contributed by atoms with Gasteiger partial charge in [0.2, 0.25) is 0 Å². The number of hydrogen-bond acceptors (Lipinski definition) is 3. The molecule has 0 aromatic heterocycles. The van der Waals surface area contributed by atoms with E-state index in [1.165, 1.54) is 31.9 Å². The summed E-state index contributed by atoms with van der Waals surface area (Å²) in [6.45, 7) is 1.48. The number of nitrogens with one attached hydrogen (secondary N) is 1. The summed E-state index contributed by atoms with van der Waals surface area (Å²) in [5.74, 6) is -1.98. The lowest BCUT2D eigenvalue weighted by molar-refractivity contribution is -0.129. The highest BCUT2D eigenvalue weighted by Gasteiger charge is 2.23. The quantitative estimate of drug-likeness (QED) is 0.668. The van der Waals surface area contributed by atoms with Crippen molar-refractivity contribution in [1.82, 2.24) is 5.32 Å². The van der Waals surface area contributed by atoms with E-state index in [2.05, 4.69) is 5.32 Å². The summed E-state index contributed by atoms with van der Waals surface area (Å²) < 4.78 is 18.7. The second-order valence-electron chi connectivity index (χ2n) is 5.87. The predicted octanol–water partition coefficient (Wildman–Crippen LogP) is 3.86. The van der Waals surface area contributed by atoms with Crippen molar-refractivity contribution in [2.45, 2.75) is 57.6 Å². The van der Waals surface area contributed by atoms with Gasteiger partial charge in [-0.15, -0.1) is 0 Å². The molecule has 1 aromatic rings. The van der Waals surface area contributed by atoms with E-state index in [-0.39, 0.29) is 22.5 Å². The summed E-state index contributed by atoms with van der Waals surface area (Å²) in [5, 5.41) is 3.14. The van der Waals surface area contributed by atoms with Crippen LogP contribution < -0.4 is 5.32 Å². The Bertz CT molecular complexity index is 571. The molecule has 1 aliphatic carbocycles. The van der Waals surface area contributed by atoms with Crippen molar-refractivity contribution in [3.8, 4) is 0 Å². The second kappa shape index (κ2) is 8.29. The van der Waals surface area contributed by atoms with Crippen molar-refractivity contribution < 1.29 is 18.7 Å². The number of hydrogen-bond donors (Lipinski definition) is 1. The van der Waals surface area contributed by atoms with Crippen LogP contribution in [0.5, 0.6) is 0 Å². The first-order valence-corrected chi connectivity index (χ1v) is 8.31. The number of carbonyl (C=O) groups excluding carboxylic acids is 2. The highest BCUT2D eigenvalue weighted by Crippen LogP contribution is 2.18. The van der Waals surface area contributed by atoms with Gasteiger partial charge in [0.1, 0.15) is 5.82 Å². The molecule has 4 nitrogen and oxygen atoms in total. The number of amides is 1. The van der Waals surface area contributed by atoms with E-state index in [1.807, 2.05) is 0 Å². The summed E-state index contributed by atoms with van der Waals surface area (Å²) in [7, 11) is 0. The number of rotatable bonds is 4. The molecule has 23 heavy (non-hydrogen) atoms. The summed E-state index contributed by atoms with van der Waals surface area (Å²) in [6, 6.07) is 3.74. The van der Waals surface area contributed by atoms with E-state index in [0.29, 0.717) is 0 Å². The molecule has 1 N–H and O–H groups in total. The Morgan fingerprint density at radius 2 is 1.91 bits per heavy atom. The van der Waals surface area contributed by atoms with Crippen molar-refractivity contribution in [3.05, 3.63) is 34.6 Å². The standard InChI is InChI=1S/C17H21ClFNO3/c1-11(16(21)20-13-6-4-2-3-5-7-13)23-17(22)14-10-12(18)8-9-15(14)19/h8-11,13H,2-7H2,1H3,(H,20,21)/t11-/m0/s1. The highest BCUT2D eigenvalue weighted by atomic mass is 35.5. The number of halogens is 2. The molecular formula is C17H21ClFNO3. The van der Waals surface area contributed by atoms with Gasteiger partial charge in [0.15, 0.2) is 6.10 Å². The van der Waals surface area contributed by atoms with Crippen LogP contribution in [0.4, 0.5) is 4.39 Å². The summed E-state index contributed by atoms with van der Waals surface area (Å²) >= 11 is 5.75. The average Bonchev–Trinajstić information content (AvgIpc) is 2.78. The van der Waals surface area contributed by atoms with Crippen LogP contribution in [0.25, 0.3) is 0 Å². The Balaban J connectivity index is 1.92. The SMILES string of the molecule is C[C@H](OC(=O)c1cc(Cl)ccc1F)C(=O)NC1CCCCCC1. The normalized spacial score (nSPS) is 17.2. The molecule has 0 aliphatic heterocycles. The maximum Gasteiger partial charge on any atom is 0.341 e. The summed E-state index contributed by atoms with van der Waals surface area (Å²) in [6.07, 6.45) is 5.45. The topological polar surface area (TPSA) is 55.4 Å². The molecule has 0 unspecified atom stereocenters. The molecule has 1 atom stereocenters. The zero-order valence-electron chi connectivity index (χ0n) is 13.1. The fourth-order valence-corrected chi connectivity index (χ4v) is 2.85. The van der Waals surface area contributed by atoms with E-state index in [4.69, 9.17) is 16.3 Å². The van der Waals surface area contributed by atoms with Crippen molar-refractivity contribution in [2.24, 2.45) is 0 Å². The van der Waals surface area contributed by atoms with Crippen molar-refractivity contribution in [2.75, 3.05) is 0 Å². The molecule has 1 fully saturated rings. The van der Waals surface area contributed by atoms with Crippen molar-refractivity contribution in [3.63, 3.8) is 0 Å². The van der Waals surface area contributed by atoms with Crippen LogP contribution in [0.1, 0.15) is 55.8 Å². The van der Waals surface area contributed by atoms with Gasteiger partial charge in [-0.1, -0.05) is 37.3 Å². The van der Waals surface area contributed by atoms with Crippen LogP contribution in [0.15, 0.2) is 18.2 Å². The van der Waals surface area contributed by atoms with Gasteiger partial charge >= 0.3 is 5.97 Å². The minimum absolute atomic E-state index is 0.119. The molecule has 1 saturated carbocycles. The molecule has 2 rings (SSSR count). The third kappa shape index (κ3) is 5.20. The highest BCUT2D eigenvalue weighted by molar-refractivity contribution is 6.30. The Morgan fingerprint density at radius 3 is 2.57 bits per heavy atom. The maximum atomic E-state index is 13.6. The van der Waals surface area contributed by atoms with Crippen LogP contribution in [-0.4, -0.2) is 24.0 Å². The fourth-order valence-electron chi connectivity index (χ4n) is 2.67. The molecule has 6 heteroatoms. The van der Waals surface area contributed by atoms with Crippen LogP contribution in [0, 0.1) is 5.82 Å². The van der Waals surface area contributed by atoms with E-state index in [1.54, 1.807) is 0 Å². The molecular weight excluding hydrogens is 321 g/mol. The number of esters is 1. The first-order valence-electron chi connectivity index (χ1n) is 7.94. The van der Waals surface area contributed by atoms with Gasteiger partial charge in [0.05, 0.1) is 5.56 Å². The van der Waals surface area contributed by atoms with Crippen molar-refractivity contribution >= 4 is 23.5 Å². The zero-order valence-corrected chi connectivity index (χ0v) is 13.9. The average molecular weight is 342 g/mol. The van der Waals surface area contributed by atoms with Crippen LogP contribution in [0.3, 0.4) is 0 Å². The second-order valence-corrected chi connectivity index (χ2v) is 6.31. The van der Waals surface area contributed by atoms with E-state index >= 15 is 0 Å². The fraction of sp³-hybridized carbons (Fsp3) is 0.529. The molecule has 126 valence electrons. The Hall–Kier alpha value is -1.62. The largest absolute Gasteiger partial charge is 0.449 e. The van der Waals surface area contributed by atoms with Gasteiger partial charge in [0, 0.05) is 11.1 Å². The molecule has 0 radical (unpaired) electrons. The minimum Gasteiger partial charge on any atom is -0.449 e. The third-order valence-electron chi connectivity index (χ3n) is 4.00. The van der Waals surface area contributed by atoms with Gasteiger partial charge < -0.3 is 10.1 Å². The first-order chi connectivity index (χ1) is 11.0. The van der Waals surface area contributed by atoms with Crippen LogP contribution in [-0.2, 0) is 9.53 Å². The summed E-state index contributed by atoms with van der Waals surface area (Å²) in [4.78, 5) is 24.1. The number of carbonyl (C=O) groups is 2. The molecule has 0 bridgehead atoms. The van der Waals surface area contributed by atoms with Crippen molar-refractivity contribution in [1.29, 1.82) is 0 Å². The first kappa shape index (κ1) is 17.7. The molecule has 0 saturated heterocycles. The van der Waals surface area contributed by atoms with Gasteiger partial charge in [-0.2, -0.15) is 0 Å². The van der Waals surface area contributed by atoms with Gasteiger partial charge in [-0.25, -0.2) is 9.18 Å². The van der Waals surface area contributed by atoms with Gasteiger partial charge in [-0.3, -0.25) is 4.79 Å². The van der Waals surface area contributed by atoms with Crippen LogP contribution in [0.2, 0.25) is 5.02 Å². The third-order valence-corrected chi connectivity index (χ3v) is 4.24. The molecule has 1 amide bonds. The molecule has 1 aliphatic rings. The Kier molecular flexibility index (Phi) is 6.39. The van der Waals surface area contributed by atoms with Gasteiger partial charge in [-0.05, 0) is 38.0 Å². The van der Waals surface area contributed by atoms with Gasteiger partial charge in [0.25, 0.3) is 5.91 Å². The smallest absolute Gasteiger partial charge is 0.341 e. The minimum atomic E-state index is -0.982. The lowest BCUT2D eigenvalue weighted by atomic mass is 10.1. The Morgan fingerprint density at radius 1 is 1.26 bits per heavy atom. The van der Waals surface area contributed by atoms with E-state index < -0.39 is 17.9 Å². The maximum absolute atomic E-state index is 13.6. The number of benzene rings is 1. The molecule has 0 heterocycles.